The van der Waals surface area contributed by atoms with E-state index < -0.39 is 18.5 Å². The summed E-state index contributed by atoms with van der Waals surface area (Å²) in [4.78, 5) is 36.9. The summed E-state index contributed by atoms with van der Waals surface area (Å²) < 4.78 is 10.2. The lowest BCUT2D eigenvalue weighted by Gasteiger charge is -2.09. The van der Waals surface area contributed by atoms with Crippen LogP contribution in [0.5, 0.6) is 0 Å². The highest BCUT2D eigenvalue weighted by molar-refractivity contribution is 6.30. The van der Waals surface area contributed by atoms with Crippen molar-refractivity contribution in [2.45, 2.75) is 6.54 Å². The molecule has 6 nitrogen and oxygen atoms in total. The van der Waals surface area contributed by atoms with Gasteiger partial charge in [-0.05, 0) is 42.5 Å². The van der Waals surface area contributed by atoms with Crippen LogP contribution in [0.2, 0.25) is 5.02 Å². The zero-order chi connectivity index (χ0) is 19.9. The maximum Gasteiger partial charge on any atom is 0.339 e. The minimum Gasteiger partial charge on any atom is -0.467 e. The molecule has 1 amide bonds. The van der Waals surface area contributed by atoms with E-state index >= 15 is 0 Å². The molecule has 0 aliphatic heterocycles. The Morgan fingerprint density at radius 3 is 2.32 bits per heavy atom. The third-order valence-electron chi connectivity index (χ3n) is 3.87. The molecule has 0 atom stereocenters. The van der Waals surface area contributed by atoms with Gasteiger partial charge in [0, 0.05) is 16.1 Å². The molecule has 1 heterocycles. The van der Waals surface area contributed by atoms with Gasteiger partial charge in [0.05, 0.1) is 18.4 Å². The van der Waals surface area contributed by atoms with E-state index in [9.17, 15) is 14.4 Å². The number of halogens is 1. The summed E-state index contributed by atoms with van der Waals surface area (Å²) in [5.74, 6) is -0.998. The number of nitrogens with one attached hydrogen (secondary N) is 1. The minimum absolute atomic E-state index is 0.0845. The molecule has 0 aliphatic rings. The van der Waals surface area contributed by atoms with Gasteiger partial charge < -0.3 is 14.5 Å². The number of ether oxygens (including phenoxy) is 1. The molecule has 0 saturated carbocycles. The second kappa shape index (κ2) is 9.01. The van der Waals surface area contributed by atoms with Crippen LogP contribution < -0.4 is 5.32 Å². The largest absolute Gasteiger partial charge is 0.467 e. The zero-order valence-electron chi connectivity index (χ0n) is 14.7. The van der Waals surface area contributed by atoms with Gasteiger partial charge in [-0.2, -0.15) is 0 Å². The smallest absolute Gasteiger partial charge is 0.339 e. The number of furan rings is 1. The van der Waals surface area contributed by atoms with E-state index in [0.29, 0.717) is 16.3 Å². The van der Waals surface area contributed by atoms with Gasteiger partial charge in [0.1, 0.15) is 5.76 Å². The number of hydrogen-bond acceptors (Lipinski definition) is 5. The molecular formula is C21H16ClNO5. The third-order valence-corrected chi connectivity index (χ3v) is 4.12. The average Bonchev–Trinajstić information content (AvgIpc) is 3.24. The highest BCUT2D eigenvalue weighted by atomic mass is 35.5. The maximum atomic E-state index is 12.7. The fourth-order valence-corrected chi connectivity index (χ4v) is 2.60. The number of carbonyl (C=O) groups excluding carboxylic acids is 3. The maximum absolute atomic E-state index is 12.7. The van der Waals surface area contributed by atoms with E-state index in [0.717, 1.165) is 0 Å². The van der Waals surface area contributed by atoms with Crippen LogP contribution in [0.15, 0.2) is 71.3 Å². The third kappa shape index (κ3) is 4.86. The second-order valence-corrected chi connectivity index (χ2v) is 6.25. The average molecular weight is 398 g/mol. The molecule has 0 bridgehead atoms. The molecule has 3 aromatic rings. The van der Waals surface area contributed by atoms with Crippen molar-refractivity contribution in [2.75, 3.05) is 6.61 Å². The Balaban J connectivity index is 1.64. The summed E-state index contributed by atoms with van der Waals surface area (Å²) in [6.07, 6.45) is 1.50. The Hall–Kier alpha value is -3.38. The normalized spacial score (nSPS) is 10.3. The first-order valence-corrected chi connectivity index (χ1v) is 8.78. The topological polar surface area (TPSA) is 85.6 Å². The van der Waals surface area contributed by atoms with Crippen LogP contribution in [0.4, 0.5) is 0 Å². The van der Waals surface area contributed by atoms with Crippen LogP contribution in [0, 0.1) is 0 Å². The summed E-state index contributed by atoms with van der Waals surface area (Å²) in [7, 11) is 0. The number of amides is 1. The van der Waals surface area contributed by atoms with Crippen molar-refractivity contribution in [1.29, 1.82) is 0 Å². The predicted molar refractivity (Wildman–Crippen MR) is 102 cm³/mol. The molecule has 0 saturated heterocycles. The van der Waals surface area contributed by atoms with Crippen LogP contribution in [-0.2, 0) is 16.1 Å². The Bertz CT molecular complexity index is 980. The van der Waals surface area contributed by atoms with Crippen LogP contribution in [0.3, 0.4) is 0 Å². The number of ketones is 1. The fraction of sp³-hybridized carbons (Fsp3) is 0.0952. The highest BCUT2D eigenvalue weighted by Crippen LogP contribution is 2.17. The molecule has 0 unspecified atom stereocenters. The van der Waals surface area contributed by atoms with Gasteiger partial charge in [-0.1, -0.05) is 29.8 Å². The van der Waals surface area contributed by atoms with E-state index in [1.807, 2.05) is 0 Å². The van der Waals surface area contributed by atoms with Gasteiger partial charge in [-0.25, -0.2) is 4.79 Å². The Labute approximate surface area is 166 Å². The summed E-state index contributed by atoms with van der Waals surface area (Å²) >= 11 is 5.84. The van der Waals surface area contributed by atoms with Crippen molar-refractivity contribution in [3.05, 3.63) is 94.4 Å². The molecular weight excluding hydrogens is 382 g/mol. The molecule has 0 aliphatic carbocycles. The lowest BCUT2D eigenvalue weighted by atomic mass is 9.98. The summed E-state index contributed by atoms with van der Waals surface area (Å²) in [6, 6.07) is 16.0. The van der Waals surface area contributed by atoms with Crippen LogP contribution in [-0.4, -0.2) is 24.3 Å². The standard InChI is InChI=1S/C21H16ClNO5/c22-15-9-7-14(8-10-15)20(25)17-5-1-2-6-18(17)21(26)28-13-19(24)23-12-16-4-3-11-27-16/h1-11H,12-13H2,(H,23,24). The number of esters is 1. The fourth-order valence-electron chi connectivity index (χ4n) is 2.47. The van der Waals surface area contributed by atoms with Crippen LogP contribution in [0.25, 0.3) is 0 Å². The van der Waals surface area contributed by atoms with Gasteiger partial charge in [0.25, 0.3) is 5.91 Å². The molecule has 3 rings (SSSR count). The molecule has 28 heavy (non-hydrogen) atoms. The van der Waals surface area contributed by atoms with E-state index in [4.69, 9.17) is 20.8 Å². The van der Waals surface area contributed by atoms with Crippen LogP contribution in [0.1, 0.15) is 32.0 Å². The number of hydrogen-bond donors (Lipinski definition) is 1. The molecule has 2 aromatic carbocycles. The summed E-state index contributed by atoms with van der Waals surface area (Å²) in [5.41, 5.74) is 0.660. The van der Waals surface area contributed by atoms with Crippen molar-refractivity contribution in [2.24, 2.45) is 0 Å². The van der Waals surface area contributed by atoms with E-state index in [1.165, 1.54) is 18.4 Å². The number of rotatable bonds is 7. The Morgan fingerprint density at radius 1 is 0.929 bits per heavy atom. The van der Waals surface area contributed by atoms with Crippen molar-refractivity contribution in [3.8, 4) is 0 Å². The zero-order valence-corrected chi connectivity index (χ0v) is 15.4. The van der Waals surface area contributed by atoms with E-state index in [2.05, 4.69) is 5.32 Å². The molecule has 0 radical (unpaired) electrons. The lowest BCUT2D eigenvalue weighted by Crippen LogP contribution is -2.28. The quantitative estimate of drug-likeness (QED) is 0.486. The molecule has 142 valence electrons. The molecule has 0 fully saturated rings. The van der Waals surface area contributed by atoms with Gasteiger partial charge in [-0.15, -0.1) is 0 Å². The van der Waals surface area contributed by atoms with E-state index in [1.54, 1.807) is 48.5 Å². The monoisotopic (exact) mass is 397 g/mol. The molecule has 0 spiro atoms. The second-order valence-electron chi connectivity index (χ2n) is 5.81. The molecule has 1 aromatic heterocycles. The Kier molecular flexibility index (Phi) is 6.24. The highest BCUT2D eigenvalue weighted by Gasteiger charge is 2.20. The van der Waals surface area contributed by atoms with Crippen LogP contribution >= 0.6 is 11.6 Å². The van der Waals surface area contributed by atoms with Crippen molar-refractivity contribution in [3.63, 3.8) is 0 Å². The van der Waals surface area contributed by atoms with Crippen molar-refractivity contribution >= 4 is 29.3 Å². The van der Waals surface area contributed by atoms with Crippen molar-refractivity contribution in [1.82, 2.24) is 5.32 Å². The summed E-state index contributed by atoms with van der Waals surface area (Å²) in [6.45, 7) is -0.280. The van der Waals surface area contributed by atoms with Gasteiger partial charge in [0.15, 0.2) is 12.4 Å². The number of benzene rings is 2. The minimum atomic E-state index is -0.758. The SMILES string of the molecule is O=C(COC(=O)c1ccccc1C(=O)c1ccc(Cl)cc1)NCc1ccco1. The van der Waals surface area contributed by atoms with Gasteiger partial charge >= 0.3 is 5.97 Å². The lowest BCUT2D eigenvalue weighted by molar-refractivity contribution is -0.124. The first-order chi connectivity index (χ1) is 13.5. The first kappa shape index (κ1) is 19.4. The van der Waals surface area contributed by atoms with Gasteiger partial charge in [0.2, 0.25) is 0 Å². The predicted octanol–water partition coefficient (Wildman–Crippen LogP) is 3.64. The van der Waals surface area contributed by atoms with E-state index in [-0.39, 0.29) is 23.5 Å². The first-order valence-electron chi connectivity index (χ1n) is 8.40. The number of carbonyl (C=O) groups is 3. The van der Waals surface area contributed by atoms with Crippen molar-refractivity contribution < 1.29 is 23.5 Å². The Morgan fingerprint density at radius 2 is 1.64 bits per heavy atom. The molecule has 7 heteroatoms. The molecule has 1 N–H and O–H groups in total. The van der Waals surface area contributed by atoms with Gasteiger partial charge in [-0.3, -0.25) is 9.59 Å². The summed E-state index contributed by atoms with van der Waals surface area (Å²) in [5, 5.41) is 3.08.